The van der Waals surface area contributed by atoms with Crippen LogP contribution < -0.4 is 5.43 Å². The van der Waals surface area contributed by atoms with Crippen LogP contribution in [-0.2, 0) is 0 Å². The van der Waals surface area contributed by atoms with Crippen molar-refractivity contribution >= 4 is 75.6 Å². The van der Waals surface area contributed by atoms with Crippen molar-refractivity contribution in [2.24, 2.45) is 5.10 Å². The molecular weight excluding hydrogens is 426 g/mol. The lowest BCUT2D eigenvalue weighted by Crippen LogP contribution is -1.96. The zero-order chi connectivity index (χ0) is 17.8. The highest BCUT2D eigenvalue weighted by Crippen LogP contribution is 2.55. The Morgan fingerprint density at radius 3 is 2.81 bits per heavy atom. The lowest BCUT2D eigenvalue weighted by molar-refractivity contribution is 1.14. The van der Waals surface area contributed by atoms with Gasteiger partial charge in [0.1, 0.15) is 11.5 Å². The highest BCUT2D eigenvalue weighted by molar-refractivity contribution is 8.35. The summed E-state index contributed by atoms with van der Waals surface area (Å²) in [5, 5.41) is 10.9. The fraction of sp³-hybridized carbons (Fsp3) is 0. The van der Waals surface area contributed by atoms with Crippen LogP contribution in [0.3, 0.4) is 0 Å². The van der Waals surface area contributed by atoms with E-state index < -0.39 is 0 Å². The molecule has 10 heteroatoms. The molecule has 0 aliphatic carbocycles. The van der Waals surface area contributed by atoms with E-state index in [1.54, 1.807) is 59.3 Å². The number of halogens is 1. The molecule has 5 nitrogen and oxygen atoms in total. The minimum absolute atomic E-state index is 0.360. The molecule has 1 N–H and O–H groups in total. The van der Waals surface area contributed by atoms with Crippen LogP contribution in [0.1, 0.15) is 11.4 Å². The van der Waals surface area contributed by atoms with Crippen LogP contribution in [0.15, 0.2) is 60.4 Å². The number of thioether (sulfide) groups is 4. The molecule has 0 bridgehead atoms. The minimum atomic E-state index is 0.360. The number of hydrogen-bond donors (Lipinski definition) is 1. The molecular formula is C16H10ClN5S4. The van der Waals surface area contributed by atoms with Gasteiger partial charge in [-0.2, -0.15) is 5.10 Å². The van der Waals surface area contributed by atoms with Crippen LogP contribution in [0.4, 0.5) is 5.82 Å². The number of anilines is 1. The molecule has 2 aromatic rings. The highest BCUT2D eigenvalue weighted by atomic mass is 35.5. The molecule has 0 saturated heterocycles. The summed E-state index contributed by atoms with van der Waals surface area (Å²) >= 11 is 12.9. The first-order chi connectivity index (χ1) is 12.8. The molecule has 0 unspecified atom stereocenters. The fourth-order valence-corrected chi connectivity index (χ4v) is 6.56. The van der Waals surface area contributed by atoms with Gasteiger partial charge in [0.15, 0.2) is 5.82 Å². The summed E-state index contributed by atoms with van der Waals surface area (Å²) in [6, 6.07) is 7.49. The molecule has 0 spiro atoms. The first-order valence-electron chi connectivity index (χ1n) is 7.29. The maximum Gasteiger partial charge on any atom is 0.151 e. The average molecular weight is 436 g/mol. The Hall–Kier alpha value is -1.39. The Bertz CT molecular complexity index is 947. The predicted octanol–water partition coefficient (Wildman–Crippen LogP) is 5.83. The number of aromatic nitrogens is 3. The summed E-state index contributed by atoms with van der Waals surface area (Å²) in [5.41, 5.74) is 4.51. The molecule has 2 aliphatic heterocycles. The number of rotatable bonds is 4. The molecule has 2 aliphatic rings. The van der Waals surface area contributed by atoms with Crippen molar-refractivity contribution < 1.29 is 0 Å². The number of pyridine rings is 1. The van der Waals surface area contributed by atoms with Gasteiger partial charge < -0.3 is 0 Å². The van der Waals surface area contributed by atoms with Crippen molar-refractivity contribution in [2.75, 3.05) is 5.43 Å². The van der Waals surface area contributed by atoms with Gasteiger partial charge in [0.2, 0.25) is 0 Å². The number of nitrogens with zero attached hydrogens (tertiary/aromatic N) is 4. The Morgan fingerprint density at radius 1 is 1.08 bits per heavy atom. The van der Waals surface area contributed by atoms with Gasteiger partial charge in [-0.15, -0.1) is 0 Å². The number of nitrogens with one attached hydrogen (secondary N) is 1. The monoisotopic (exact) mass is 435 g/mol. The maximum absolute atomic E-state index is 5.82. The summed E-state index contributed by atoms with van der Waals surface area (Å²) in [6.07, 6.45) is 3.03. The van der Waals surface area contributed by atoms with E-state index in [4.69, 9.17) is 11.6 Å². The van der Waals surface area contributed by atoms with Gasteiger partial charge >= 0.3 is 0 Å². The van der Waals surface area contributed by atoms with Crippen molar-refractivity contribution in [3.8, 4) is 0 Å². The van der Waals surface area contributed by atoms with Crippen LogP contribution in [0.5, 0.6) is 0 Å². The topological polar surface area (TPSA) is 63.1 Å². The molecule has 0 aromatic carbocycles. The molecule has 0 amide bonds. The average Bonchev–Trinajstić information content (AvgIpc) is 3.34. The second-order valence-electron chi connectivity index (χ2n) is 4.83. The number of hydrazone groups is 1. The summed E-state index contributed by atoms with van der Waals surface area (Å²) in [6.45, 7) is 0. The van der Waals surface area contributed by atoms with Gasteiger partial charge in [0.25, 0.3) is 0 Å². The fourth-order valence-electron chi connectivity index (χ4n) is 1.98. The van der Waals surface area contributed by atoms with E-state index in [0.717, 1.165) is 16.3 Å². The van der Waals surface area contributed by atoms with Gasteiger partial charge in [0.05, 0.1) is 26.1 Å². The molecule has 0 saturated carbocycles. The van der Waals surface area contributed by atoms with Crippen LogP contribution in [0.2, 0.25) is 5.15 Å². The van der Waals surface area contributed by atoms with Gasteiger partial charge in [-0.1, -0.05) is 64.7 Å². The third-order valence-corrected chi connectivity index (χ3v) is 8.33. The molecule has 0 fully saturated rings. The Kier molecular flexibility index (Phi) is 5.91. The lowest BCUT2D eigenvalue weighted by atomic mass is 10.3. The van der Waals surface area contributed by atoms with Crippen molar-refractivity contribution in [1.29, 1.82) is 0 Å². The first kappa shape index (κ1) is 18.0. The number of hydrogen-bond acceptors (Lipinski definition) is 9. The highest BCUT2D eigenvalue weighted by Gasteiger charge is 2.20. The summed E-state index contributed by atoms with van der Waals surface area (Å²) in [4.78, 5) is 13.7. The molecule has 26 heavy (non-hydrogen) atoms. The van der Waals surface area contributed by atoms with E-state index in [-0.39, 0.29) is 0 Å². The zero-order valence-electron chi connectivity index (χ0n) is 13.0. The standard InChI is InChI=1S/C16H10ClN5S4/c17-13-6-14(19-9-18-13)22-20-7-10-2-1-3-11(21-10)12-8-25-16(26-12)15-23-4-5-24-15/h1-9H,(H,18,19,22)/b20-7-. The van der Waals surface area contributed by atoms with Gasteiger partial charge in [-0.25, -0.2) is 15.0 Å². The van der Waals surface area contributed by atoms with E-state index in [9.17, 15) is 0 Å². The Morgan fingerprint density at radius 2 is 1.96 bits per heavy atom. The van der Waals surface area contributed by atoms with Gasteiger partial charge in [-0.05, 0) is 28.4 Å². The quantitative estimate of drug-likeness (QED) is 0.365. The Balaban J connectivity index is 1.44. The SMILES string of the molecule is Clc1cc(N/N=C\c2cccc(C3=CSC(=C4SC=CS4)S3)n2)ncn1. The zero-order valence-corrected chi connectivity index (χ0v) is 17.0. The normalized spacial score (nSPS) is 16.6. The van der Waals surface area contributed by atoms with Gasteiger partial charge in [0, 0.05) is 11.0 Å². The summed E-state index contributed by atoms with van der Waals surface area (Å²) < 4.78 is 2.64. The molecule has 4 rings (SSSR count). The van der Waals surface area contributed by atoms with Crippen LogP contribution >= 0.6 is 58.6 Å². The second kappa shape index (κ2) is 8.53. The van der Waals surface area contributed by atoms with Crippen molar-refractivity contribution in [1.82, 2.24) is 15.0 Å². The first-order valence-corrected chi connectivity index (χ1v) is 11.1. The molecule has 4 heterocycles. The van der Waals surface area contributed by atoms with E-state index in [1.807, 2.05) is 18.2 Å². The molecule has 130 valence electrons. The van der Waals surface area contributed by atoms with E-state index >= 15 is 0 Å². The lowest BCUT2D eigenvalue weighted by Gasteiger charge is -2.03. The van der Waals surface area contributed by atoms with Crippen LogP contribution in [0, 0.1) is 0 Å². The molecule has 0 radical (unpaired) electrons. The maximum atomic E-state index is 5.82. The summed E-state index contributed by atoms with van der Waals surface area (Å²) in [7, 11) is 0. The van der Waals surface area contributed by atoms with E-state index in [2.05, 4.69) is 41.7 Å². The van der Waals surface area contributed by atoms with E-state index in [1.165, 1.54) is 14.8 Å². The second-order valence-corrected chi connectivity index (χ2v) is 9.50. The summed E-state index contributed by atoms with van der Waals surface area (Å²) in [5.74, 6) is 0.527. The van der Waals surface area contributed by atoms with Crippen LogP contribution in [0.25, 0.3) is 4.91 Å². The smallest absolute Gasteiger partial charge is 0.151 e. The van der Waals surface area contributed by atoms with Crippen molar-refractivity contribution in [3.63, 3.8) is 0 Å². The minimum Gasteiger partial charge on any atom is -0.261 e. The molecule has 0 atom stereocenters. The van der Waals surface area contributed by atoms with E-state index in [0.29, 0.717) is 11.0 Å². The van der Waals surface area contributed by atoms with Crippen molar-refractivity contribution in [2.45, 2.75) is 0 Å². The van der Waals surface area contributed by atoms with Crippen LogP contribution in [-0.4, -0.2) is 21.2 Å². The third-order valence-electron chi connectivity index (χ3n) is 3.08. The van der Waals surface area contributed by atoms with Gasteiger partial charge in [-0.3, -0.25) is 5.43 Å². The molecule has 2 aromatic heterocycles. The Labute approximate surface area is 172 Å². The third kappa shape index (κ3) is 4.47. The largest absolute Gasteiger partial charge is 0.261 e. The predicted molar refractivity (Wildman–Crippen MR) is 117 cm³/mol. The van der Waals surface area contributed by atoms with Crippen molar-refractivity contribution in [3.05, 3.63) is 71.8 Å².